The molecule has 124 valence electrons. The summed E-state index contributed by atoms with van der Waals surface area (Å²) in [5.74, 6) is 1.37. The van der Waals surface area contributed by atoms with Crippen molar-refractivity contribution >= 4 is 11.8 Å². The molecule has 3 rings (SSSR count). The lowest BCUT2D eigenvalue weighted by molar-refractivity contribution is -0.137. The Morgan fingerprint density at radius 2 is 1.74 bits per heavy atom. The van der Waals surface area contributed by atoms with Crippen LogP contribution in [0.3, 0.4) is 0 Å². The van der Waals surface area contributed by atoms with Crippen LogP contribution >= 0.6 is 0 Å². The molecule has 0 bridgehead atoms. The minimum Gasteiger partial charge on any atom is -0.355 e. The predicted octanol–water partition coefficient (Wildman–Crippen LogP) is 1.95. The largest absolute Gasteiger partial charge is 0.417 e. The highest BCUT2D eigenvalue weighted by Gasteiger charge is 2.31. The van der Waals surface area contributed by atoms with Gasteiger partial charge in [-0.15, -0.1) is 0 Å². The first-order valence-electron chi connectivity index (χ1n) is 7.32. The molecule has 2 aromatic heterocycles. The van der Waals surface area contributed by atoms with Gasteiger partial charge in [0, 0.05) is 39.4 Å². The van der Waals surface area contributed by atoms with Crippen molar-refractivity contribution in [3.05, 3.63) is 30.2 Å². The van der Waals surface area contributed by atoms with Crippen molar-refractivity contribution in [3.8, 4) is 0 Å². The molecule has 0 aromatic carbocycles. The molecule has 0 aliphatic carbocycles. The van der Waals surface area contributed by atoms with Gasteiger partial charge in [-0.05, 0) is 18.6 Å². The van der Waals surface area contributed by atoms with Crippen molar-refractivity contribution < 1.29 is 13.2 Å². The fraction of sp³-hybridized carbons (Fsp3) is 0.500. The van der Waals surface area contributed by atoms with Gasteiger partial charge in [-0.25, -0.2) is 9.67 Å². The molecule has 9 heteroatoms. The Labute approximate surface area is 131 Å². The summed E-state index contributed by atoms with van der Waals surface area (Å²) in [4.78, 5) is 12.3. The van der Waals surface area contributed by atoms with E-state index in [4.69, 9.17) is 0 Å². The molecule has 6 nitrogen and oxygen atoms in total. The first-order valence-corrected chi connectivity index (χ1v) is 7.32. The number of nitrogens with zero attached hydrogens (tertiary/aromatic N) is 6. The van der Waals surface area contributed by atoms with Gasteiger partial charge in [0.2, 0.25) is 5.95 Å². The normalized spacial score (nSPS) is 16.5. The zero-order chi connectivity index (χ0) is 16.4. The number of anilines is 2. The Morgan fingerprint density at radius 3 is 2.35 bits per heavy atom. The summed E-state index contributed by atoms with van der Waals surface area (Å²) in [6.45, 7) is 2.96. The molecule has 1 aliphatic rings. The smallest absolute Gasteiger partial charge is 0.355 e. The van der Waals surface area contributed by atoms with Gasteiger partial charge in [0.1, 0.15) is 12.1 Å². The molecular formula is C14H17F3N6. The zero-order valence-corrected chi connectivity index (χ0v) is 12.7. The Morgan fingerprint density at radius 1 is 1.00 bits per heavy atom. The SMILES string of the molecule is Cn1ncnc1N1CCCN(c2ccc(C(F)(F)F)cn2)CC1. The van der Waals surface area contributed by atoms with Crippen molar-refractivity contribution in [1.82, 2.24) is 19.7 Å². The van der Waals surface area contributed by atoms with Crippen LogP contribution in [0.4, 0.5) is 24.9 Å². The van der Waals surface area contributed by atoms with Gasteiger partial charge in [-0.3, -0.25) is 0 Å². The fourth-order valence-corrected chi connectivity index (χ4v) is 2.66. The van der Waals surface area contributed by atoms with Gasteiger partial charge in [0.15, 0.2) is 0 Å². The number of hydrogen-bond acceptors (Lipinski definition) is 5. The van der Waals surface area contributed by atoms with Crippen molar-refractivity contribution in [2.75, 3.05) is 36.0 Å². The average molecular weight is 326 g/mol. The molecule has 0 radical (unpaired) electrons. The van der Waals surface area contributed by atoms with Gasteiger partial charge in [-0.2, -0.15) is 23.3 Å². The third-order valence-electron chi connectivity index (χ3n) is 3.87. The Hall–Kier alpha value is -2.32. The molecule has 1 fully saturated rings. The van der Waals surface area contributed by atoms with E-state index in [0.29, 0.717) is 12.4 Å². The standard InChI is InChI=1S/C14H17F3N6/c1-21-13(19-10-20-21)23-6-2-5-22(7-8-23)12-4-3-11(9-18-12)14(15,16)17/h3-4,9-10H,2,5-8H2,1H3. The van der Waals surface area contributed by atoms with Gasteiger partial charge in [-0.1, -0.05) is 0 Å². The van der Waals surface area contributed by atoms with E-state index in [0.717, 1.165) is 44.3 Å². The van der Waals surface area contributed by atoms with Crippen LogP contribution in [-0.2, 0) is 13.2 Å². The van der Waals surface area contributed by atoms with Gasteiger partial charge in [0.05, 0.1) is 5.56 Å². The number of pyridine rings is 1. The maximum atomic E-state index is 12.6. The van der Waals surface area contributed by atoms with E-state index in [9.17, 15) is 13.2 Å². The molecule has 0 unspecified atom stereocenters. The van der Waals surface area contributed by atoms with Crippen LogP contribution in [0, 0.1) is 0 Å². The molecule has 0 atom stereocenters. The number of halogens is 3. The summed E-state index contributed by atoms with van der Waals surface area (Å²) in [7, 11) is 1.84. The molecule has 2 aromatic rings. The summed E-state index contributed by atoms with van der Waals surface area (Å²) >= 11 is 0. The molecule has 23 heavy (non-hydrogen) atoms. The van der Waals surface area contributed by atoms with E-state index >= 15 is 0 Å². The molecular weight excluding hydrogens is 309 g/mol. The zero-order valence-electron chi connectivity index (χ0n) is 12.7. The highest BCUT2D eigenvalue weighted by Crippen LogP contribution is 2.29. The van der Waals surface area contributed by atoms with Crippen LogP contribution in [0.2, 0.25) is 0 Å². The lowest BCUT2D eigenvalue weighted by atomic mass is 10.2. The van der Waals surface area contributed by atoms with Crippen molar-refractivity contribution in [2.45, 2.75) is 12.6 Å². The molecule has 1 saturated heterocycles. The van der Waals surface area contributed by atoms with E-state index in [1.807, 2.05) is 11.9 Å². The van der Waals surface area contributed by atoms with Crippen molar-refractivity contribution in [3.63, 3.8) is 0 Å². The number of hydrogen-bond donors (Lipinski definition) is 0. The molecule has 0 saturated carbocycles. The highest BCUT2D eigenvalue weighted by atomic mass is 19.4. The average Bonchev–Trinajstić information content (AvgIpc) is 2.80. The van der Waals surface area contributed by atoms with Gasteiger partial charge in [0.25, 0.3) is 0 Å². The van der Waals surface area contributed by atoms with E-state index in [2.05, 4.69) is 20.0 Å². The second-order valence-corrected chi connectivity index (χ2v) is 5.41. The Balaban J connectivity index is 1.69. The maximum absolute atomic E-state index is 12.6. The Kier molecular flexibility index (Phi) is 4.10. The van der Waals surface area contributed by atoms with E-state index in [1.165, 1.54) is 12.4 Å². The third-order valence-corrected chi connectivity index (χ3v) is 3.87. The molecule has 0 spiro atoms. The topological polar surface area (TPSA) is 50.1 Å². The maximum Gasteiger partial charge on any atom is 0.417 e. The van der Waals surface area contributed by atoms with Crippen LogP contribution in [0.25, 0.3) is 0 Å². The first-order chi connectivity index (χ1) is 10.9. The van der Waals surface area contributed by atoms with Crippen LogP contribution in [-0.4, -0.2) is 45.9 Å². The monoisotopic (exact) mass is 326 g/mol. The molecule has 3 heterocycles. The summed E-state index contributed by atoms with van der Waals surface area (Å²) in [5, 5.41) is 4.06. The third kappa shape index (κ3) is 3.38. The van der Waals surface area contributed by atoms with Crippen molar-refractivity contribution in [2.24, 2.45) is 7.05 Å². The highest BCUT2D eigenvalue weighted by molar-refractivity contribution is 5.41. The van der Waals surface area contributed by atoms with E-state index in [1.54, 1.807) is 4.68 Å². The van der Waals surface area contributed by atoms with Crippen LogP contribution < -0.4 is 9.80 Å². The molecule has 0 amide bonds. The fourth-order valence-electron chi connectivity index (χ4n) is 2.66. The second-order valence-electron chi connectivity index (χ2n) is 5.41. The van der Waals surface area contributed by atoms with E-state index < -0.39 is 11.7 Å². The summed E-state index contributed by atoms with van der Waals surface area (Å²) in [6, 6.07) is 2.51. The van der Waals surface area contributed by atoms with Gasteiger partial charge >= 0.3 is 6.18 Å². The first kappa shape index (κ1) is 15.6. The van der Waals surface area contributed by atoms with Crippen LogP contribution in [0.1, 0.15) is 12.0 Å². The molecule has 1 aliphatic heterocycles. The van der Waals surface area contributed by atoms with Crippen LogP contribution in [0.5, 0.6) is 0 Å². The molecule has 0 N–H and O–H groups in total. The lowest BCUT2D eigenvalue weighted by Gasteiger charge is -2.23. The van der Waals surface area contributed by atoms with Crippen molar-refractivity contribution in [1.29, 1.82) is 0 Å². The lowest BCUT2D eigenvalue weighted by Crippen LogP contribution is -2.32. The quantitative estimate of drug-likeness (QED) is 0.844. The Bertz CT molecular complexity index is 651. The minimum absolute atomic E-state index is 0.567. The number of alkyl halides is 3. The van der Waals surface area contributed by atoms with E-state index in [-0.39, 0.29) is 0 Å². The van der Waals surface area contributed by atoms with Gasteiger partial charge < -0.3 is 9.80 Å². The number of aryl methyl sites for hydroxylation is 1. The van der Waals surface area contributed by atoms with Crippen LogP contribution in [0.15, 0.2) is 24.7 Å². The number of aromatic nitrogens is 4. The number of rotatable bonds is 2. The summed E-state index contributed by atoms with van der Waals surface area (Å²) in [5.41, 5.74) is -0.725. The summed E-state index contributed by atoms with van der Waals surface area (Å²) < 4.78 is 39.5. The second kappa shape index (κ2) is 6.05. The minimum atomic E-state index is -4.35. The predicted molar refractivity (Wildman–Crippen MR) is 79.3 cm³/mol. The summed E-state index contributed by atoms with van der Waals surface area (Å²) in [6.07, 6.45) is -1.09.